The van der Waals surface area contributed by atoms with Crippen molar-refractivity contribution in [3.05, 3.63) is 59.2 Å². The van der Waals surface area contributed by atoms with Gasteiger partial charge in [-0.1, -0.05) is 35.9 Å². The fourth-order valence-electron chi connectivity index (χ4n) is 2.43. The summed E-state index contributed by atoms with van der Waals surface area (Å²) in [5.74, 6) is 0.336. The minimum atomic E-state index is -3.66. The van der Waals surface area contributed by atoms with E-state index in [0.717, 1.165) is 16.7 Å². The molecule has 0 aliphatic rings. The van der Waals surface area contributed by atoms with Gasteiger partial charge in [-0.3, -0.25) is 0 Å². The Morgan fingerprint density at radius 2 is 1.77 bits per heavy atom. The number of hydrogen-bond donors (Lipinski definition) is 1. The smallest absolute Gasteiger partial charge is 0.244 e. The van der Waals surface area contributed by atoms with Crippen molar-refractivity contribution in [3.63, 3.8) is 0 Å². The van der Waals surface area contributed by atoms with E-state index in [0.29, 0.717) is 5.75 Å². The number of ether oxygens (including phenoxy) is 1. The van der Waals surface area contributed by atoms with E-state index in [1.165, 1.54) is 13.2 Å². The second-order valence-corrected chi connectivity index (χ2v) is 7.04. The van der Waals surface area contributed by atoms with E-state index in [1.54, 1.807) is 18.2 Å². The van der Waals surface area contributed by atoms with Gasteiger partial charge in [-0.25, -0.2) is 13.1 Å². The number of hydrogen-bond acceptors (Lipinski definition) is 3. The lowest BCUT2D eigenvalue weighted by Gasteiger charge is -2.18. The van der Waals surface area contributed by atoms with E-state index >= 15 is 0 Å². The van der Waals surface area contributed by atoms with E-state index in [-0.39, 0.29) is 10.9 Å². The van der Waals surface area contributed by atoms with Gasteiger partial charge in [0.2, 0.25) is 10.0 Å². The van der Waals surface area contributed by atoms with Crippen LogP contribution in [0.25, 0.3) is 0 Å². The Labute approximate surface area is 132 Å². The van der Waals surface area contributed by atoms with Crippen molar-refractivity contribution in [2.24, 2.45) is 0 Å². The summed E-state index contributed by atoms with van der Waals surface area (Å²) in [5, 5.41) is 0. The van der Waals surface area contributed by atoms with Gasteiger partial charge < -0.3 is 4.74 Å². The van der Waals surface area contributed by atoms with Crippen LogP contribution in [0, 0.1) is 13.8 Å². The van der Waals surface area contributed by atoms with Crippen LogP contribution in [0.5, 0.6) is 5.75 Å². The average Bonchev–Trinajstić information content (AvgIpc) is 2.49. The third-order valence-electron chi connectivity index (χ3n) is 3.59. The van der Waals surface area contributed by atoms with Crippen LogP contribution >= 0.6 is 0 Å². The molecular formula is C17H21NO3S. The first-order valence-electron chi connectivity index (χ1n) is 7.07. The van der Waals surface area contributed by atoms with Crippen LogP contribution in [0.15, 0.2) is 47.4 Å². The minimum Gasteiger partial charge on any atom is -0.495 e. The molecule has 0 aliphatic heterocycles. The quantitative estimate of drug-likeness (QED) is 0.919. The maximum absolute atomic E-state index is 12.6. The lowest BCUT2D eigenvalue weighted by molar-refractivity contribution is 0.402. The molecule has 0 radical (unpaired) electrons. The summed E-state index contributed by atoms with van der Waals surface area (Å²) in [7, 11) is -2.19. The molecule has 22 heavy (non-hydrogen) atoms. The molecule has 2 rings (SSSR count). The number of benzene rings is 2. The number of nitrogens with one attached hydrogen (secondary N) is 1. The van der Waals surface area contributed by atoms with E-state index in [4.69, 9.17) is 4.74 Å². The summed E-state index contributed by atoms with van der Waals surface area (Å²) in [6.45, 7) is 5.81. The number of methoxy groups -OCH3 is 1. The zero-order chi connectivity index (χ0) is 16.3. The van der Waals surface area contributed by atoms with Crippen molar-refractivity contribution >= 4 is 10.0 Å². The molecule has 0 spiro atoms. The van der Waals surface area contributed by atoms with Gasteiger partial charge in [-0.2, -0.15) is 0 Å². The highest BCUT2D eigenvalue weighted by atomic mass is 32.2. The molecular weight excluding hydrogens is 298 g/mol. The highest BCUT2D eigenvalue weighted by Crippen LogP contribution is 2.26. The summed E-state index contributed by atoms with van der Waals surface area (Å²) in [6, 6.07) is 12.3. The monoisotopic (exact) mass is 319 g/mol. The molecule has 0 saturated heterocycles. The van der Waals surface area contributed by atoms with Gasteiger partial charge in [-0.15, -0.1) is 0 Å². The van der Waals surface area contributed by atoms with Crippen molar-refractivity contribution in [1.82, 2.24) is 4.72 Å². The Kier molecular flexibility index (Phi) is 4.88. The largest absolute Gasteiger partial charge is 0.495 e. The summed E-state index contributed by atoms with van der Waals surface area (Å²) in [4.78, 5) is 0.148. The standard InChI is InChI=1S/C17H21NO3S/c1-12-9-10-13(2)15(11-12)14(3)18-22(19,20)17-8-6-5-7-16(17)21-4/h5-11,14,18H,1-4H3. The SMILES string of the molecule is COc1ccccc1S(=O)(=O)NC(C)c1cc(C)ccc1C. The molecule has 1 N–H and O–H groups in total. The average molecular weight is 319 g/mol. The molecule has 4 nitrogen and oxygen atoms in total. The van der Waals surface area contributed by atoms with E-state index in [2.05, 4.69) is 4.72 Å². The molecule has 0 saturated carbocycles. The first kappa shape index (κ1) is 16.5. The first-order valence-corrected chi connectivity index (χ1v) is 8.56. The van der Waals surface area contributed by atoms with E-state index in [9.17, 15) is 8.42 Å². The zero-order valence-electron chi connectivity index (χ0n) is 13.3. The maximum atomic E-state index is 12.6. The molecule has 5 heteroatoms. The first-order chi connectivity index (χ1) is 10.3. The number of para-hydroxylation sites is 1. The van der Waals surface area contributed by atoms with Gasteiger partial charge in [0.1, 0.15) is 10.6 Å². The van der Waals surface area contributed by atoms with Gasteiger partial charge in [0, 0.05) is 6.04 Å². The Balaban J connectivity index is 2.34. The second kappa shape index (κ2) is 6.50. The molecule has 0 fully saturated rings. The highest BCUT2D eigenvalue weighted by Gasteiger charge is 2.22. The topological polar surface area (TPSA) is 55.4 Å². The fourth-order valence-corrected chi connectivity index (χ4v) is 3.82. The maximum Gasteiger partial charge on any atom is 0.244 e. The van der Waals surface area contributed by atoms with Crippen LogP contribution in [-0.4, -0.2) is 15.5 Å². The van der Waals surface area contributed by atoms with Gasteiger partial charge >= 0.3 is 0 Å². The van der Waals surface area contributed by atoms with Crippen molar-refractivity contribution in [2.75, 3.05) is 7.11 Å². The van der Waals surface area contributed by atoms with Crippen molar-refractivity contribution in [3.8, 4) is 5.75 Å². The van der Waals surface area contributed by atoms with Gasteiger partial charge in [0.25, 0.3) is 0 Å². The molecule has 2 aromatic rings. The molecule has 0 amide bonds. The van der Waals surface area contributed by atoms with E-state index in [1.807, 2.05) is 39.0 Å². The summed E-state index contributed by atoms with van der Waals surface area (Å²) in [5.41, 5.74) is 3.13. The number of aryl methyl sites for hydroxylation is 2. The number of sulfonamides is 1. The van der Waals surface area contributed by atoms with Crippen molar-refractivity contribution in [1.29, 1.82) is 0 Å². The van der Waals surface area contributed by atoms with Crippen LogP contribution in [0.4, 0.5) is 0 Å². The minimum absolute atomic E-state index is 0.148. The molecule has 118 valence electrons. The molecule has 1 unspecified atom stereocenters. The Morgan fingerprint density at radius 1 is 1.09 bits per heavy atom. The molecule has 0 aromatic heterocycles. The molecule has 0 aliphatic carbocycles. The molecule has 1 atom stereocenters. The Hall–Kier alpha value is -1.85. The van der Waals surface area contributed by atoms with Gasteiger partial charge in [0.05, 0.1) is 7.11 Å². The second-order valence-electron chi connectivity index (χ2n) is 5.35. The normalized spacial score (nSPS) is 12.9. The predicted octanol–water partition coefficient (Wildman–Crippen LogP) is 3.35. The van der Waals surface area contributed by atoms with Crippen molar-refractivity contribution < 1.29 is 13.2 Å². The third-order valence-corrected chi connectivity index (χ3v) is 5.17. The molecule has 0 heterocycles. The zero-order valence-corrected chi connectivity index (χ0v) is 14.1. The highest BCUT2D eigenvalue weighted by molar-refractivity contribution is 7.89. The van der Waals surface area contributed by atoms with Crippen LogP contribution in [0.1, 0.15) is 29.7 Å². The van der Waals surface area contributed by atoms with Crippen LogP contribution in [0.3, 0.4) is 0 Å². The Morgan fingerprint density at radius 3 is 2.45 bits per heavy atom. The summed E-state index contributed by atoms with van der Waals surface area (Å²) >= 11 is 0. The summed E-state index contributed by atoms with van der Waals surface area (Å²) in [6.07, 6.45) is 0. The lowest BCUT2D eigenvalue weighted by Crippen LogP contribution is -2.27. The van der Waals surface area contributed by atoms with Crippen LogP contribution in [0.2, 0.25) is 0 Å². The van der Waals surface area contributed by atoms with Crippen LogP contribution < -0.4 is 9.46 Å². The van der Waals surface area contributed by atoms with E-state index < -0.39 is 10.0 Å². The van der Waals surface area contributed by atoms with Crippen LogP contribution in [-0.2, 0) is 10.0 Å². The summed E-state index contributed by atoms with van der Waals surface area (Å²) < 4.78 is 33.1. The van der Waals surface area contributed by atoms with Crippen molar-refractivity contribution in [2.45, 2.75) is 31.7 Å². The Bertz CT molecular complexity index is 769. The fraction of sp³-hybridized carbons (Fsp3) is 0.294. The van der Waals surface area contributed by atoms with Gasteiger partial charge in [-0.05, 0) is 44.0 Å². The number of rotatable bonds is 5. The predicted molar refractivity (Wildman–Crippen MR) is 87.6 cm³/mol. The third kappa shape index (κ3) is 3.48. The lowest BCUT2D eigenvalue weighted by atomic mass is 10.0. The molecule has 0 bridgehead atoms. The molecule has 2 aromatic carbocycles. The van der Waals surface area contributed by atoms with Gasteiger partial charge in [0.15, 0.2) is 0 Å².